The first-order chi connectivity index (χ1) is 12.5. The van der Waals surface area contributed by atoms with Gasteiger partial charge >= 0.3 is 5.97 Å². The Morgan fingerprint density at radius 3 is 2.12 bits per heavy atom. The molecule has 5 nitrogen and oxygen atoms in total. The predicted octanol–water partition coefficient (Wildman–Crippen LogP) is 5.75. The van der Waals surface area contributed by atoms with Crippen LogP contribution >= 0.6 is 0 Å². The molecule has 1 rings (SSSR count). The molecule has 0 aliphatic rings. The van der Waals surface area contributed by atoms with Crippen molar-refractivity contribution in [2.24, 2.45) is 0 Å². The summed E-state index contributed by atoms with van der Waals surface area (Å²) in [5.41, 5.74) is -0.142. The molecule has 0 aliphatic carbocycles. The maximum atomic E-state index is 10.9. The van der Waals surface area contributed by atoms with Crippen molar-refractivity contribution in [3.8, 4) is 11.5 Å². The number of benzene rings is 1. The second-order valence-electron chi connectivity index (χ2n) is 6.72. The number of phenols is 1. The average Bonchev–Trinajstić information content (AvgIpc) is 2.59. The minimum absolute atomic E-state index is 0.142. The molecule has 0 heterocycles. The second-order valence-corrected chi connectivity index (χ2v) is 6.72. The SMILES string of the molecule is CCCCCCCCCCCCOC(C)Oc1ccc(C(=O)O)c(O)c1. The van der Waals surface area contributed by atoms with Crippen molar-refractivity contribution >= 4 is 5.97 Å². The lowest BCUT2D eigenvalue weighted by atomic mass is 10.1. The molecule has 0 aromatic heterocycles. The first-order valence-electron chi connectivity index (χ1n) is 9.89. The molecule has 148 valence electrons. The van der Waals surface area contributed by atoms with Gasteiger partial charge in [0, 0.05) is 6.07 Å². The van der Waals surface area contributed by atoms with Crippen LogP contribution in [0.4, 0.5) is 0 Å². The molecule has 0 spiro atoms. The molecule has 1 aromatic carbocycles. The molecule has 2 N–H and O–H groups in total. The monoisotopic (exact) mass is 366 g/mol. The highest BCUT2D eigenvalue weighted by atomic mass is 16.7. The number of aromatic hydroxyl groups is 1. The smallest absolute Gasteiger partial charge is 0.339 e. The largest absolute Gasteiger partial charge is 0.507 e. The lowest BCUT2D eigenvalue weighted by Gasteiger charge is -2.16. The van der Waals surface area contributed by atoms with Gasteiger partial charge in [0.2, 0.25) is 0 Å². The predicted molar refractivity (Wildman–Crippen MR) is 103 cm³/mol. The Bertz CT molecular complexity index is 515. The van der Waals surface area contributed by atoms with E-state index in [1.165, 1.54) is 69.6 Å². The second kappa shape index (κ2) is 13.5. The third kappa shape index (κ3) is 9.66. The highest BCUT2D eigenvalue weighted by molar-refractivity contribution is 5.90. The summed E-state index contributed by atoms with van der Waals surface area (Å²) >= 11 is 0. The number of hydrogen-bond acceptors (Lipinski definition) is 4. The molecule has 0 radical (unpaired) electrons. The van der Waals surface area contributed by atoms with Gasteiger partial charge in [0.1, 0.15) is 17.1 Å². The van der Waals surface area contributed by atoms with E-state index < -0.39 is 12.3 Å². The van der Waals surface area contributed by atoms with Crippen LogP contribution in [0.5, 0.6) is 11.5 Å². The van der Waals surface area contributed by atoms with Crippen LogP contribution in [0, 0.1) is 0 Å². The van der Waals surface area contributed by atoms with Crippen molar-refractivity contribution in [2.45, 2.75) is 84.3 Å². The number of hydrogen-bond donors (Lipinski definition) is 2. The fraction of sp³-hybridized carbons (Fsp3) is 0.667. The molecule has 0 amide bonds. The molecule has 0 aliphatic heterocycles. The van der Waals surface area contributed by atoms with Gasteiger partial charge in [-0.2, -0.15) is 0 Å². The molecule has 5 heteroatoms. The summed E-state index contributed by atoms with van der Waals surface area (Å²) in [4.78, 5) is 10.9. The number of ether oxygens (including phenoxy) is 2. The molecule has 0 bridgehead atoms. The summed E-state index contributed by atoms with van der Waals surface area (Å²) in [5.74, 6) is -1.08. The standard InChI is InChI=1S/C21H34O5/c1-3-4-5-6-7-8-9-10-11-12-15-25-17(2)26-18-13-14-19(21(23)24)20(22)16-18/h13-14,16-17,22H,3-12,15H2,1-2H3,(H,23,24). The fourth-order valence-electron chi connectivity index (χ4n) is 2.83. The van der Waals surface area contributed by atoms with Gasteiger partial charge in [0.15, 0.2) is 6.29 Å². The van der Waals surface area contributed by atoms with E-state index in [1.807, 2.05) is 0 Å². The lowest BCUT2D eigenvalue weighted by molar-refractivity contribution is -0.0677. The molecular formula is C21H34O5. The van der Waals surface area contributed by atoms with Crippen LogP contribution in [-0.2, 0) is 4.74 Å². The first-order valence-corrected chi connectivity index (χ1v) is 9.89. The molecule has 26 heavy (non-hydrogen) atoms. The lowest BCUT2D eigenvalue weighted by Crippen LogP contribution is -2.17. The third-order valence-electron chi connectivity index (χ3n) is 4.35. The van der Waals surface area contributed by atoms with Crippen LogP contribution in [0.1, 0.15) is 88.4 Å². The average molecular weight is 366 g/mol. The Balaban J connectivity index is 2.06. The van der Waals surface area contributed by atoms with Crippen LogP contribution in [0.3, 0.4) is 0 Å². The quantitative estimate of drug-likeness (QED) is 0.305. The van der Waals surface area contributed by atoms with Crippen LogP contribution in [0.25, 0.3) is 0 Å². The molecule has 1 unspecified atom stereocenters. The van der Waals surface area contributed by atoms with E-state index >= 15 is 0 Å². The number of carboxylic acids is 1. The Labute approximate surface area is 157 Å². The van der Waals surface area contributed by atoms with Gasteiger partial charge in [-0.1, -0.05) is 64.7 Å². The molecular weight excluding hydrogens is 332 g/mol. The molecule has 0 fully saturated rings. The Kier molecular flexibility index (Phi) is 11.5. The normalized spacial score (nSPS) is 12.1. The van der Waals surface area contributed by atoms with Crippen molar-refractivity contribution in [2.75, 3.05) is 6.61 Å². The molecule has 0 saturated heterocycles. The maximum Gasteiger partial charge on any atom is 0.339 e. The van der Waals surface area contributed by atoms with Gasteiger partial charge in [-0.3, -0.25) is 0 Å². The van der Waals surface area contributed by atoms with E-state index in [0.717, 1.165) is 12.8 Å². The molecule has 1 aromatic rings. The zero-order valence-electron chi connectivity index (χ0n) is 16.2. The first kappa shape index (κ1) is 22.3. The van der Waals surface area contributed by atoms with Crippen molar-refractivity contribution in [1.29, 1.82) is 0 Å². The van der Waals surface area contributed by atoms with E-state index in [4.69, 9.17) is 14.6 Å². The summed E-state index contributed by atoms with van der Waals surface area (Å²) < 4.78 is 11.2. The van der Waals surface area contributed by atoms with Gasteiger partial charge in [-0.05, 0) is 25.5 Å². The van der Waals surface area contributed by atoms with E-state index in [2.05, 4.69) is 6.92 Å². The zero-order chi connectivity index (χ0) is 19.2. The molecule has 0 saturated carbocycles. The topological polar surface area (TPSA) is 76.0 Å². The summed E-state index contributed by atoms with van der Waals surface area (Å²) in [5, 5.41) is 18.5. The molecule has 1 atom stereocenters. The van der Waals surface area contributed by atoms with Crippen molar-refractivity contribution in [1.82, 2.24) is 0 Å². The van der Waals surface area contributed by atoms with Crippen molar-refractivity contribution in [3.05, 3.63) is 23.8 Å². The van der Waals surface area contributed by atoms with E-state index in [-0.39, 0.29) is 11.3 Å². The fourth-order valence-corrected chi connectivity index (χ4v) is 2.83. The van der Waals surface area contributed by atoms with Crippen molar-refractivity contribution < 1.29 is 24.5 Å². The van der Waals surface area contributed by atoms with Crippen LogP contribution in [0.15, 0.2) is 18.2 Å². The third-order valence-corrected chi connectivity index (χ3v) is 4.35. The summed E-state index contributed by atoms with van der Waals surface area (Å²) in [6.45, 7) is 4.67. The Morgan fingerprint density at radius 2 is 1.58 bits per heavy atom. The minimum atomic E-state index is -1.17. The van der Waals surface area contributed by atoms with E-state index in [9.17, 15) is 9.90 Å². The zero-order valence-corrected chi connectivity index (χ0v) is 16.2. The maximum absolute atomic E-state index is 10.9. The van der Waals surface area contributed by atoms with E-state index in [1.54, 1.807) is 6.92 Å². The summed E-state index contributed by atoms with van der Waals surface area (Å²) in [6.07, 6.45) is 12.4. The summed E-state index contributed by atoms with van der Waals surface area (Å²) in [7, 11) is 0. The Morgan fingerprint density at radius 1 is 1.00 bits per heavy atom. The van der Waals surface area contributed by atoms with Gasteiger partial charge in [-0.25, -0.2) is 4.79 Å². The number of carbonyl (C=O) groups is 1. The van der Waals surface area contributed by atoms with Gasteiger partial charge in [0.25, 0.3) is 0 Å². The van der Waals surface area contributed by atoms with Gasteiger partial charge in [-0.15, -0.1) is 0 Å². The number of rotatable bonds is 15. The van der Waals surface area contributed by atoms with Crippen LogP contribution in [0.2, 0.25) is 0 Å². The highest BCUT2D eigenvalue weighted by Crippen LogP contribution is 2.24. The van der Waals surface area contributed by atoms with Crippen LogP contribution in [-0.4, -0.2) is 29.1 Å². The number of unbranched alkanes of at least 4 members (excludes halogenated alkanes) is 9. The summed E-state index contributed by atoms with van der Waals surface area (Å²) in [6, 6.07) is 4.13. The Hall–Kier alpha value is -1.75. The van der Waals surface area contributed by atoms with Gasteiger partial charge < -0.3 is 19.7 Å². The number of carboxylic acid groups (broad SMARTS) is 1. The van der Waals surface area contributed by atoms with Gasteiger partial charge in [0.05, 0.1) is 6.61 Å². The van der Waals surface area contributed by atoms with Crippen molar-refractivity contribution in [3.63, 3.8) is 0 Å². The minimum Gasteiger partial charge on any atom is -0.507 e. The number of aromatic carboxylic acids is 1. The van der Waals surface area contributed by atoms with Crippen LogP contribution < -0.4 is 4.74 Å². The highest BCUT2D eigenvalue weighted by Gasteiger charge is 2.11. The van der Waals surface area contributed by atoms with E-state index in [0.29, 0.717) is 12.4 Å².